The number of carbonyl (C=O) groups excluding carboxylic acids is 1. The second-order valence-electron chi connectivity index (χ2n) is 8.21. The van der Waals surface area contributed by atoms with Crippen molar-refractivity contribution in [1.82, 2.24) is 19.7 Å². The highest BCUT2D eigenvalue weighted by atomic mass is 32.2. The SMILES string of the molecule is Cc1ccc(-n2c(SCC(=O)N3CCCc4ccccc43)nnc2-c2ccncc2)cc1C. The summed E-state index contributed by atoms with van der Waals surface area (Å²) in [5.74, 6) is 1.12. The molecule has 33 heavy (non-hydrogen) atoms. The van der Waals surface area contributed by atoms with E-state index >= 15 is 0 Å². The number of aromatic nitrogens is 4. The lowest BCUT2D eigenvalue weighted by Gasteiger charge is -2.29. The number of rotatable bonds is 5. The zero-order valence-electron chi connectivity index (χ0n) is 18.7. The van der Waals surface area contributed by atoms with Gasteiger partial charge in [-0.15, -0.1) is 10.2 Å². The van der Waals surface area contributed by atoms with Crippen LogP contribution in [0.15, 0.2) is 72.1 Å². The Balaban J connectivity index is 1.46. The molecule has 5 rings (SSSR count). The second-order valence-corrected chi connectivity index (χ2v) is 9.15. The highest BCUT2D eigenvalue weighted by molar-refractivity contribution is 7.99. The highest BCUT2D eigenvalue weighted by Gasteiger charge is 2.24. The molecule has 0 atom stereocenters. The quantitative estimate of drug-likeness (QED) is 0.396. The maximum atomic E-state index is 13.2. The molecular formula is C26H25N5OS. The van der Waals surface area contributed by atoms with Gasteiger partial charge in [0.1, 0.15) is 0 Å². The molecule has 6 nitrogen and oxygen atoms in total. The number of pyridine rings is 1. The summed E-state index contributed by atoms with van der Waals surface area (Å²) >= 11 is 1.43. The summed E-state index contributed by atoms with van der Waals surface area (Å²) in [6.45, 7) is 4.95. The minimum atomic E-state index is 0.0900. The first-order chi connectivity index (χ1) is 16.1. The topological polar surface area (TPSA) is 63.9 Å². The third kappa shape index (κ3) is 4.28. The summed E-state index contributed by atoms with van der Waals surface area (Å²) in [7, 11) is 0. The number of anilines is 1. The van der Waals surface area contributed by atoms with E-state index in [2.05, 4.69) is 53.3 Å². The lowest BCUT2D eigenvalue weighted by atomic mass is 10.0. The molecule has 0 N–H and O–H groups in total. The van der Waals surface area contributed by atoms with Gasteiger partial charge in [0.15, 0.2) is 11.0 Å². The largest absolute Gasteiger partial charge is 0.311 e. The molecule has 3 heterocycles. The Labute approximate surface area is 197 Å². The van der Waals surface area contributed by atoms with Crippen LogP contribution in [0.2, 0.25) is 0 Å². The average molecular weight is 456 g/mol. The standard InChI is InChI=1S/C26H25N5OS/c1-18-9-10-22(16-19(18)2)31-25(21-11-13-27-14-12-21)28-29-26(31)33-17-24(32)30-15-5-7-20-6-3-4-8-23(20)30/h3-4,6,8-14,16H,5,7,15,17H2,1-2H3. The molecule has 4 aromatic rings. The summed E-state index contributed by atoms with van der Waals surface area (Å²) in [6, 6.07) is 18.3. The molecule has 0 saturated carbocycles. The summed E-state index contributed by atoms with van der Waals surface area (Å²) in [5, 5.41) is 9.65. The van der Waals surface area contributed by atoms with Gasteiger partial charge >= 0.3 is 0 Å². The van der Waals surface area contributed by atoms with Crippen LogP contribution in [0.1, 0.15) is 23.1 Å². The van der Waals surface area contributed by atoms with Crippen LogP contribution < -0.4 is 4.90 Å². The molecule has 0 aliphatic carbocycles. The fourth-order valence-electron chi connectivity index (χ4n) is 4.15. The van der Waals surface area contributed by atoms with Crippen molar-refractivity contribution in [1.29, 1.82) is 0 Å². The smallest absolute Gasteiger partial charge is 0.237 e. The van der Waals surface area contributed by atoms with Crippen molar-refractivity contribution in [3.8, 4) is 17.1 Å². The number of hydrogen-bond donors (Lipinski definition) is 0. The van der Waals surface area contributed by atoms with E-state index in [-0.39, 0.29) is 5.91 Å². The van der Waals surface area contributed by atoms with Gasteiger partial charge in [0, 0.05) is 30.2 Å². The number of hydrogen-bond acceptors (Lipinski definition) is 5. The average Bonchev–Trinajstić information content (AvgIpc) is 3.28. The van der Waals surface area contributed by atoms with E-state index in [1.165, 1.54) is 28.5 Å². The molecule has 2 aromatic heterocycles. The zero-order chi connectivity index (χ0) is 22.8. The molecule has 0 unspecified atom stereocenters. The van der Waals surface area contributed by atoms with Crippen molar-refractivity contribution in [3.63, 3.8) is 0 Å². The van der Waals surface area contributed by atoms with Gasteiger partial charge in [-0.3, -0.25) is 14.3 Å². The number of amides is 1. The molecule has 0 bridgehead atoms. The minimum Gasteiger partial charge on any atom is -0.311 e. The van der Waals surface area contributed by atoms with E-state index in [9.17, 15) is 4.79 Å². The van der Waals surface area contributed by atoms with Crippen LogP contribution in [0.5, 0.6) is 0 Å². The van der Waals surface area contributed by atoms with Crippen LogP contribution >= 0.6 is 11.8 Å². The zero-order valence-corrected chi connectivity index (χ0v) is 19.5. The summed E-state index contributed by atoms with van der Waals surface area (Å²) in [5.41, 5.74) is 6.60. The van der Waals surface area contributed by atoms with Crippen LogP contribution in [-0.2, 0) is 11.2 Å². The Kier molecular flexibility index (Phi) is 5.96. The van der Waals surface area contributed by atoms with Crippen molar-refractivity contribution >= 4 is 23.4 Å². The van der Waals surface area contributed by atoms with Gasteiger partial charge in [-0.1, -0.05) is 36.0 Å². The molecule has 1 amide bonds. The third-order valence-corrected chi connectivity index (χ3v) is 6.97. The molecule has 1 aliphatic heterocycles. The number of carbonyl (C=O) groups is 1. The highest BCUT2D eigenvalue weighted by Crippen LogP contribution is 2.31. The minimum absolute atomic E-state index is 0.0900. The Morgan fingerprint density at radius 1 is 1.00 bits per heavy atom. The summed E-state index contributed by atoms with van der Waals surface area (Å²) in [6.07, 6.45) is 5.50. The number of benzene rings is 2. The molecular weight excluding hydrogens is 430 g/mol. The van der Waals surface area contributed by atoms with Crippen molar-refractivity contribution < 1.29 is 4.79 Å². The molecule has 2 aromatic carbocycles. The lowest BCUT2D eigenvalue weighted by Crippen LogP contribution is -2.36. The van der Waals surface area contributed by atoms with E-state index in [1.54, 1.807) is 12.4 Å². The number of para-hydroxylation sites is 1. The first kappa shape index (κ1) is 21.4. The van der Waals surface area contributed by atoms with E-state index in [0.29, 0.717) is 10.9 Å². The van der Waals surface area contributed by atoms with Crippen molar-refractivity contribution in [2.45, 2.75) is 31.8 Å². The van der Waals surface area contributed by atoms with Crippen molar-refractivity contribution in [2.24, 2.45) is 0 Å². The number of aryl methyl sites for hydroxylation is 3. The summed E-state index contributed by atoms with van der Waals surface area (Å²) < 4.78 is 2.03. The lowest BCUT2D eigenvalue weighted by molar-refractivity contribution is -0.116. The molecule has 0 radical (unpaired) electrons. The van der Waals surface area contributed by atoms with E-state index in [1.807, 2.05) is 39.8 Å². The maximum absolute atomic E-state index is 13.2. The number of nitrogens with zero attached hydrogens (tertiary/aromatic N) is 5. The molecule has 0 saturated heterocycles. The van der Waals surface area contributed by atoms with Crippen molar-refractivity contribution in [3.05, 3.63) is 83.7 Å². The molecule has 166 valence electrons. The van der Waals surface area contributed by atoms with Crippen LogP contribution in [-0.4, -0.2) is 38.0 Å². The second kappa shape index (κ2) is 9.19. The monoisotopic (exact) mass is 455 g/mol. The predicted octanol–water partition coefficient (Wildman–Crippen LogP) is 5.02. The molecule has 0 fully saturated rings. The van der Waals surface area contributed by atoms with Gasteiger partial charge in [-0.2, -0.15) is 0 Å². The normalized spacial score (nSPS) is 13.1. The maximum Gasteiger partial charge on any atom is 0.237 e. The Morgan fingerprint density at radius 2 is 1.82 bits per heavy atom. The van der Waals surface area contributed by atoms with Crippen LogP contribution in [0.3, 0.4) is 0 Å². The first-order valence-corrected chi connectivity index (χ1v) is 12.0. The molecule has 0 spiro atoms. The number of fused-ring (bicyclic) bond motifs is 1. The Morgan fingerprint density at radius 3 is 2.64 bits per heavy atom. The molecule has 1 aliphatic rings. The van der Waals surface area contributed by atoms with Gasteiger partial charge < -0.3 is 4.90 Å². The van der Waals surface area contributed by atoms with Crippen LogP contribution in [0.4, 0.5) is 5.69 Å². The fourth-order valence-corrected chi connectivity index (χ4v) is 4.97. The number of thioether (sulfide) groups is 1. The third-order valence-electron chi connectivity index (χ3n) is 6.06. The van der Waals surface area contributed by atoms with E-state index in [0.717, 1.165) is 42.1 Å². The van der Waals surface area contributed by atoms with E-state index < -0.39 is 0 Å². The van der Waals surface area contributed by atoms with Gasteiger partial charge in [-0.25, -0.2) is 0 Å². The Hall–Kier alpha value is -3.45. The fraction of sp³-hybridized carbons (Fsp3) is 0.231. The van der Waals surface area contributed by atoms with Gasteiger partial charge in [0.2, 0.25) is 5.91 Å². The van der Waals surface area contributed by atoms with Gasteiger partial charge in [0.05, 0.1) is 11.4 Å². The molecule has 7 heteroatoms. The van der Waals surface area contributed by atoms with Gasteiger partial charge in [-0.05, 0) is 73.7 Å². The van der Waals surface area contributed by atoms with Crippen LogP contribution in [0.25, 0.3) is 17.1 Å². The van der Waals surface area contributed by atoms with E-state index in [4.69, 9.17) is 0 Å². The predicted molar refractivity (Wildman–Crippen MR) is 132 cm³/mol. The van der Waals surface area contributed by atoms with Crippen LogP contribution in [0, 0.1) is 13.8 Å². The Bertz CT molecular complexity index is 1300. The van der Waals surface area contributed by atoms with Crippen molar-refractivity contribution in [2.75, 3.05) is 17.2 Å². The van der Waals surface area contributed by atoms with Gasteiger partial charge in [0.25, 0.3) is 0 Å². The summed E-state index contributed by atoms with van der Waals surface area (Å²) in [4.78, 5) is 19.2. The first-order valence-electron chi connectivity index (χ1n) is 11.1.